The predicted molar refractivity (Wildman–Crippen MR) is 114 cm³/mol. The fourth-order valence-electron chi connectivity index (χ4n) is 3.07. The Morgan fingerprint density at radius 3 is 2.69 bits per heavy atom. The maximum absolute atomic E-state index is 12.7. The number of imidazole rings is 1. The van der Waals surface area contributed by atoms with Crippen LogP contribution in [0.2, 0.25) is 10.0 Å². The summed E-state index contributed by atoms with van der Waals surface area (Å²) in [6, 6.07) is 20.1. The summed E-state index contributed by atoms with van der Waals surface area (Å²) >= 11 is 12.1. The quantitative estimate of drug-likeness (QED) is 0.448. The van der Waals surface area contributed by atoms with Gasteiger partial charge in [-0.15, -0.1) is 0 Å². The zero-order valence-electron chi connectivity index (χ0n) is 15.2. The van der Waals surface area contributed by atoms with Crippen molar-refractivity contribution in [2.24, 2.45) is 0 Å². The van der Waals surface area contributed by atoms with Crippen molar-refractivity contribution in [3.63, 3.8) is 0 Å². The van der Waals surface area contributed by atoms with Crippen LogP contribution >= 0.6 is 23.2 Å². The van der Waals surface area contributed by atoms with Crippen molar-refractivity contribution in [3.05, 3.63) is 94.2 Å². The highest BCUT2D eigenvalue weighted by molar-refractivity contribution is 6.34. The number of amides is 1. The normalized spacial score (nSPS) is 11.9. The van der Waals surface area contributed by atoms with Gasteiger partial charge >= 0.3 is 0 Å². The number of ether oxygens (including phenoxy) is 1. The molecule has 1 amide bonds. The molecule has 1 unspecified atom stereocenters. The fraction of sp³-hybridized carbons (Fsp3) is 0.0909. The van der Waals surface area contributed by atoms with Crippen molar-refractivity contribution >= 4 is 40.1 Å². The molecule has 7 heteroatoms. The molecule has 2 N–H and O–H groups in total. The molecule has 29 heavy (non-hydrogen) atoms. The lowest BCUT2D eigenvalue weighted by molar-refractivity contribution is -0.123. The molecule has 1 atom stereocenters. The average molecular weight is 426 g/mol. The Morgan fingerprint density at radius 1 is 1.03 bits per heavy atom. The van der Waals surface area contributed by atoms with Crippen LogP contribution in [-0.2, 0) is 4.79 Å². The number of rotatable bonds is 6. The van der Waals surface area contributed by atoms with Gasteiger partial charge < -0.3 is 15.0 Å². The van der Waals surface area contributed by atoms with Crippen LogP contribution in [0.25, 0.3) is 11.0 Å². The van der Waals surface area contributed by atoms with Gasteiger partial charge in [0.15, 0.2) is 6.61 Å². The van der Waals surface area contributed by atoms with Crippen molar-refractivity contribution in [2.45, 2.75) is 6.04 Å². The molecule has 0 aliphatic rings. The Bertz CT molecular complexity index is 1150. The SMILES string of the molecule is O=C(COc1cc(Cl)ccc1Cl)NC(c1ccccc1)c1ccc2nc[nH]c2c1. The number of H-pyrrole nitrogens is 1. The van der Waals surface area contributed by atoms with Gasteiger partial charge in [-0.2, -0.15) is 0 Å². The zero-order valence-corrected chi connectivity index (χ0v) is 16.7. The van der Waals surface area contributed by atoms with E-state index in [-0.39, 0.29) is 18.6 Å². The summed E-state index contributed by atoms with van der Waals surface area (Å²) < 4.78 is 5.57. The number of hydrogen-bond acceptors (Lipinski definition) is 3. The molecule has 146 valence electrons. The van der Waals surface area contributed by atoms with Crippen molar-refractivity contribution in [1.82, 2.24) is 15.3 Å². The highest BCUT2D eigenvalue weighted by Crippen LogP contribution is 2.28. The number of nitrogens with one attached hydrogen (secondary N) is 2. The average Bonchev–Trinajstić information content (AvgIpc) is 3.21. The lowest BCUT2D eigenvalue weighted by Gasteiger charge is -2.20. The van der Waals surface area contributed by atoms with Crippen LogP contribution < -0.4 is 10.1 Å². The Hall–Kier alpha value is -3.02. The molecule has 0 aliphatic heterocycles. The van der Waals surface area contributed by atoms with Crippen LogP contribution in [0.5, 0.6) is 5.75 Å². The number of aromatic nitrogens is 2. The van der Waals surface area contributed by atoms with E-state index in [4.69, 9.17) is 27.9 Å². The number of carbonyl (C=O) groups excluding carboxylic acids is 1. The highest BCUT2D eigenvalue weighted by atomic mass is 35.5. The number of benzene rings is 3. The molecule has 0 fully saturated rings. The van der Waals surface area contributed by atoms with E-state index in [1.807, 2.05) is 48.5 Å². The molecule has 0 radical (unpaired) electrons. The van der Waals surface area contributed by atoms with E-state index in [9.17, 15) is 4.79 Å². The molecule has 4 rings (SSSR count). The minimum Gasteiger partial charge on any atom is -0.482 e. The predicted octanol–water partition coefficient (Wildman–Crippen LogP) is 5.15. The van der Waals surface area contributed by atoms with E-state index >= 15 is 0 Å². The van der Waals surface area contributed by atoms with Crippen molar-refractivity contribution < 1.29 is 9.53 Å². The standard InChI is InChI=1S/C22H17Cl2N3O2/c23-16-7-8-17(24)20(11-16)29-12-21(28)27-22(14-4-2-1-3-5-14)15-6-9-18-19(10-15)26-13-25-18/h1-11,13,22H,12H2,(H,25,26)(H,27,28). The Kier molecular flexibility index (Phi) is 5.69. The minimum absolute atomic E-state index is 0.185. The van der Waals surface area contributed by atoms with Gasteiger partial charge in [-0.05, 0) is 35.4 Å². The largest absolute Gasteiger partial charge is 0.482 e. The number of carbonyl (C=O) groups is 1. The van der Waals surface area contributed by atoms with Gasteiger partial charge in [-0.1, -0.05) is 59.6 Å². The topological polar surface area (TPSA) is 67.0 Å². The van der Waals surface area contributed by atoms with Gasteiger partial charge in [0, 0.05) is 11.1 Å². The minimum atomic E-state index is -0.338. The van der Waals surface area contributed by atoms with E-state index in [0.29, 0.717) is 15.8 Å². The van der Waals surface area contributed by atoms with E-state index < -0.39 is 0 Å². The summed E-state index contributed by atoms with van der Waals surface area (Å²) in [6.07, 6.45) is 1.65. The number of halogens is 2. The van der Waals surface area contributed by atoms with Gasteiger partial charge in [-0.25, -0.2) is 4.98 Å². The van der Waals surface area contributed by atoms with Crippen molar-refractivity contribution in [2.75, 3.05) is 6.61 Å². The summed E-state index contributed by atoms with van der Waals surface area (Å²) in [7, 11) is 0. The van der Waals surface area contributed by atoms with Crippen molar-refractivity contribution in [3.8, 4) is 5.75 Å². The van der Waals surface area contributed by atoms with E-state index in [1.54, 1.807) is 24.5 Å². The molecule has 1 aromatic heterocycles. The summed E-state index contributed by atoms with van der Waals surface area (Å²) in [6.45, 7) is -0.185. The molecule has 0 aliphatic carbocycles. The van der Waals surface area contributed by atoms with Crippen LogP contribution in [0.4, 0.5) is 0 Å². The number of aromatic amines is 1. The van der Waals surface area contributed by atoms with Crippen LogP contribution in [0.1, 0.15) is 17.2 Å². The van der Waals surface area contributed by atoms with Crippen LogP contribution in [-0.4, -0.2) is 22.5 Å². The number of nitrogens with zero attached hydrogens (tertiary/aromatic N) is 1. The Balaban J connectivity index is 1.55. The second kappa shape index (κ2) is 8.55. The first-order valence-corrected chi connectivity index (χ1v) is 9.71. The van der Waals surface area contributed by atoms with Crippen LogP contribution in [0.3, 0.4) is 0 Å². The lowest BCUT2D eigenvalue weighted by atomic mass is 9.98. The third-order valence-corrected chi connectivity index (χ3v) is 5.02. The molecule has 0 saturated carbocycles. The second-order valence-electron chi connectivity index (χ2n) is 6.45. The Morgan fingerprint density at radius 2 is 1.86 bits per heavy atom. The highest BCUT2D eigenvalue weighted by Gasteiger charge is 2.18. The van der Waals surface area contributed by atoms with Gasteiger partial charge in [0.05, 0.1) is 28.4 Å². The first-order chi connectivity index (χ1) is 14.1. The van der Waals surface area contributed by atoms with E-state index in [1.165, 1.54) is 0 Å². The fourth-order valence-corrected chi connectivity index (χ4v) is 3.41. The number of hydrogen-bond donors (Lipinski definition) is 2. The molecule has 5 nitrogen and oxygen atoms in total. The maximum Gasteiger partial charge on any atom is 0.258 e. The van der Waals surface area contributed by atoms with Gasteiger partial charge in [0.25, 0.3) is 5.91 Å². The number of fused-ring (bicyclic) bond motifs is 1. The molecular weight excluding hydrogens is 409 g/mol. The molecule has 0 saturated heterocycles. The van der Waals surface area contributed by atoms with E-state index in [2.05, 4.69) is 15.3 Å². The third kappa shape index (κ3) is 4.53. The Labute approximate surface area is 177 Å². The maximum atomic E-state index is 12.7. The van der Waals surface area contributed by atoms with Crippen LogP contribution in [0.15, 0.2) is 73.1 Å². The van der Waals surface area contributed by atoms with Crippen LogP contribution in [0, 0.1) is 0 Å². The van der Waals surface area contributed by atoms with Gasteiger partial charge in [0.2, 0.25) is 0 Å². The smallest absolute Gasteiger partial charge is 0.258 e. The van der Waals surface area contributed by atoms with Gasteiger partial charge in [-0.3, -0.25) is 4.79 Å². The molecular formula is C22H17Cl2N3O2. The molecule has 0 bridgehead atoms. The second-order valence-corrected chi connectivity index (χ2v) is 7.30. The summed E-state index contributed by atoms with van der Waals surface area (Å²) in [5.74, 6) is 0.0871. The third-order valence-electron chi connectivity index (χ3n) is 4.47. The first-order valence-electron chi connectivity index (χ1n) is 8.95. The van der Waals surface area contributed by atoms with Gasteiger partial charge in [0.1, 0.15) is 5.75 Å². The molecule has 0 spiro atoms. The summed E-state index contributed by atoms with van der Waals surface area (Å²) in [4.78, 5) is 20.0. The summed E-state index contributed by atoms with van der Waals surface area (Å²) in [5.41, 5.74) is 3.66. The summed E-state index contributed by atoms with van der Waals surface area (Å²) in [5, 5.41) is 3.92. The molecule has 3 aromatic carbocycles. The zero-order chi connectivity index (χ0) is 20.2. The van der Waals surface area contributed by atoms with Crippen molar-refractivity contribution in [1.29, 1.82) is 0 Å². The lowest BCUT2D eigenvalue weighted by Crippen LogP contribution is -2.33. The first kappa shape index (κ1) is 19.3. The molecule has 1 heterocycles. The molecule has 4 aromatic rings. The monoisotopic (exact) mass is 425 g/mol. The van der Waals surface area contributed by atoms with E-state index in [0.717, 1.165) is 22.2 Å².